The van der Waals surface area contributed by atoms with Crippen LogP contribution in [0.2, 0.25) is 0 Å². The van der Waals surface area contributed by atoms with E-state index in [-0.39, 0.29) is 17.2 Å². The van der Waals surface area contributed by atoms with Crippen molar-refractivity contribution in [3.8, 4) is 0 Å². The minimum Gasteiger partial charge on any atom is -0.362 e. The number of rotatable bonds is 4. The summed E-state index contributed by atoms with van der Waals surface area (Å²) in [5, 5.41) is 14.1. The second-order valence-corrected chi connectivity index (χ2v) is 6.41. The third kappa shape index (κ3) is 4.25. The first-order valence-corrected chi connectivity index (χ1v) is 8.71. The molecule has 0 aromatic heterocycles. The average molecular weight is 386 g/mol. The molecule has 0 unspecified atom stereocenters. The lowest BCUT2D eigenvalue weighted by molar-refractivity contribution is -0.384. The molecule has 1 saturated heterocycles. The summed E-state index contributed by atoms with van der Waals surface area (Å²) in [6, 6.07) is 9.52. The van der Waals surface area contributed by atoms with E-state index in [1.165, 1.54) is 43.3 Å². The van der Waals surface area contributed by atoms with Gasteiger partial charge in [0.25, 0.3) is 11.6 Å². The van der Waals surface area contributed by atoms with E-state index in [1.807, 2.05) is 4.90 Å². The number of carbonyl (C=O) groups excluding carboxylic acids is 2. The number of benzene rings is 2. The van der Waals surface area contributed by atoms with Crippen LogP contribution in [0.1, 0.15) is 17.3 Å². The van der Waals surface area contributed by atoms with Gasteiger partial charge in [-0.3, -0.25) is 19.7 Å². The molecular formula is C19H19FN4O4. The molecule has 0 aliphatic carbocycles. The molecule has 0 saturated carbocycles. The zero-order valence-corrected chi connectivity index (χ0v) is 15.2. The quantitative estimate of drug-likeness (QED) is 0.644. The van der Waals surface area contributed by atoms with Crippen molar-refractivity contribution in [2.75, 3.05) is 36.4 Å². The molecule has 2 aromatic rings. The summed E-state index contributed by atoms with van der Waals surface area (Å²) in [7, 11) is 0. The Hall–Kier alpha value is -3.49. The van der Waals surface area contributed by atoms with Gasteiger partial charge in [0.15, 0.2) is 0 Å². The second kappa shape index (κ2) is 8.03. The molecular weight excluding hydrogens is 367 g/mol. The summed E-state index contributed by atoms with van der Waals surface area (Å²) in [5.74, 6) is -0.979. The summed E-state index contributed by atoms with van der Waals surface area (Å²) in [6.07, 6.45) is 0. The predicted octanol–water partition coefficient (Wildman–Crippen LogP) is 2.65. The van der Waals surface area contributed by atoms with Gasteiger partial charge in [0.1, 0.15) is 11.5 Å². The average Bonchev–Trinajstić information content (AvgIpc) is 2.69. The van der Waals surface area contributed by atoms with E-state index < -0.39 is 16.6 Å². The highest BCUT2D eigenvalue weighted by atomic mass is 19.1. The maximum atomic E-state index is 13.0. The van der Waals surface area contributed by atoms with Gasteiger partial charge in [-0.25, -0.2) is 4.39 Å². The van der Waals surface area contributed by atoms with Gasteiger partial charge in [0.2, 0.25) is 5.91 Å². The van der Waals surface area contributed by atoms with Gasteiger partial charge in [-0.05, 0) is 36.4 Å². The molecule has 0 radical (unpaired) electrons. The standard InChI is InChI=1S/C19H19FN4O4/c1-13(25)22-8-10-23(11-9-22)17-7-2-14(12-18(17)24(27)28)19(26)21-16-5-3-15(20)4-6-16/h2-7,12H,8-11H2,1H3,(H,21,26). The first kappa shape index (κ1) is 19.3. The molecule has 9 heteroatoms. The van der Waals surface area contributed by atoms with E-state index in [9.17, 15) is 24.1 Å². The highest BCUT2D eigenvalue weighted by Gasteiger charge is 2.25. The number of nitrogens with one attached hydrogen (secondary N) is 1. The normalized spacial score (nSPS) is 13.9. The summed E-state index contributed by atoms with van der Waals surface area (Å²) >= 11 is 0. The molecule has 1 aliphatic heterocycles. The molecule has 2 amide bonds. The van der Waals surface area contributed by atoms with Gasteiger partial charge in [-0.15, -0.1) is 0 Å². The zero-order valence-electron chi connectivity index (χ0n) is 15.2. The second-order valence-electron chi connectivity index (χ2n) is 6.41. The third-order valence-electron chi connectivity index (χ3n) is 4.60. The molecule has 0 bridgehead atoms. The van der Waals surface area contributed by atoms with Crippen molar-refractivity contribution < 1.29 is 18.9 Å². The van der Waals surface area contributed by atoms with Crippen LogP contribution in [-0.4, -0.2) is 47.8 Å². The molecule has 8 nitrogen and oxygen atoms in total. The molecule has 146 valence electrons. The predicted molar refractivity (Wildman–Crippen MR) is 102 cm³/mol. The number of anilines is 2. The largest absolute Gasteiger partial charge is 0.362 e. The van der Waals surface area contributed by atoms with E-state index in [0.29, 0.717) is 37.6 Å². The topological polar surface area (TPSA) is 95.8 Å². The van der Waals surface area contributed by atoms with Gasteiger partial charge in [0, 0.05) is 50.4 Å². The molecule has 1 aliphatic rings. The molecule has 2 aromatic carbocycles. The smallest absolute Gasteiger partial charge is 0.293 e. The van der Waals surface area contributed by atoms with Crippen molar-refractivity contribution in [1.29, 1.82) is 0 Å². The number of nitrogens with zero attached hydrogens (tertiary/aromatic N) is 3. The van der Waals surface area contributed by atoms with Crippen molar-refractivity contribution in [2.45, 2.75) is 6.92 Å². The van der Waals surface area contributed by atoms with Gasteiger partial charge >= 0.3 is 0 Å². The Morgan fingerprint density at radius 3 is 2.29 bits per heavy atom. The highest BCUT2D eigenvalue weighted by Crippen LogP contribution is 2.30. The summed E-state index contributed by atoms with van der Waals surface area (Å²) in [4.78, 5) is 38.4. The number of halogens is 1. The minimum absolute atomic E-state index is 0.0260. The maximum absolute atomic E-state index is 13.0. The van der Waals surface area contributed by atoms with Crippen molar-refractivity contribution in [2.24, 2.45) is 0 Å². The molecule has 0 atom stereocenters. The number of hydrogen-bond donors (Lipinski definition) is 1. The van der Waals surface area contributed by atoms with Crippen LogP contribution < -0.4 is 10.2 Å². The van der Waals surface area contributed by atoms with Crippen LogP contribution in [0.3, 0.4) is 0 Å². The lowest BCUT2D eigenvalue weighted by Gasteiger charge is -2.35. The van der Waals surface area contributed by atoms with E-state index in [4.69, 9.17) is 0 Å². The summed E-state index contributed by atoms with van der Waals surface area (Å²) in [5.41, 5.74) is 0.746. The van der Waals surface area contributed by atoms with Crippen molar-refractivity contribution in [3.05, 3.63) is 64.0 Å². The number of hydrogen-bond acceptors (Lipinski definition) is 5. The fourth-order valence-electron chi connectivity index (χ4n) is 3.08. The summed E-state index contributed by atoms with van der Waals surface area (Å²) < 4.78 is 13.0. The Labute approximate surface area is 160 Å². The summed E-state index contributed by atoms with van der Waals surface area (Å²) in [6.45, 7) is 3.41. The number of nitro benzene ring substituents is 1. The molecule has 3 rings (SSSR count). The Balaban J connectivity index is 1.79. The van der Waals surface area contributed by atoms with Gasteiger partial charge in [-0.2, -0.15) is 0 Å². The Morgan fingerprint density at radius 2 is 1.71 bits per heavy atom. The van der Waals surface area contributed by atoms with Gasteiger partial charge in [-0.1, -0.05) is 0 Å². The first-order valence-electron chi connectivity index (χ1n) is 8.71. The van der Waals surface area contributed by atoms with Crippen molar-refractivity contribution in [1.82, 2.24) is 4.90 Å². The fourth-order valence-corrected chi connectivity index (χ4v) is 3.08. The van der Waals surface area contributed by atoms with E-state index >= 15 is 0 Å². The zero-order chi connectivity index (χ0) is 20.3. The monoisotopic (exact) mass is 386 g/mol. The number of amides is 2. The van der Waals surface area contributed by atoms with Crippen LogP contribution in [0.5, 0.6) is 0 Å². The van der Waals surface area contributed by atoms with E-state index in [0.717, 1.165) is 0 Å². The third-order valence-corrected chi connectivity index (χ3v) is 4.60. The Morgan fingerprint density at radius 1 is 1.07 bits per heavy atom. The fraction of sp³-hybridized carbons (Fsp3) is 0.263. The van der Waals surface area contributed by atoms with Gasteiger partial charge < -0.3 is 15.1 Å². The van der Waals surface area contributed by atoms with Crippen LogP contribution in [0.4, 0.5) is 21.5 Å². The number of piperazine rings is 1. The number of carbonyl (C=O) groups is 2. The Bertz CT molecular complexity index is 909. The molecule has 1 N–H and O–H groups in total. The van der Waals surface area contributed by atoms with Crippen LogP contribution in [-0.2, 0) is 4.79 Å². The van der Waals surface area contributed by atoms with E-state index in [1.54, 1.807) is 11.0 Å². The minimum atomic E-state index is -0.526. The lowest BCUT2D eigenvalue weighted by atomic mass is 10.1. The van der Waals surface area contributed by atoms with Gasteiger partial charge in [0.05, 0.1) is 4.92 Å². The van der Waals surface area contributed by atoms with Crippen LogP contribution in [0.15, 0.2) is 42.5 Å². The van der Waals surface area contributed by atoms with Crippen LogP contribution in [0, 0.1) is 15.9 Å². The molecule has 28 heavy (non-hydrogen) atoms. The SMILES string of the molecule is CC(=O)N1CCN(c2ccc(C(=O)Nc3ccc(F)cc3)cc2[N+](=O)[O-])CC1. The highest BCUT2D eigenvalue weighted by molar-refractivity contribution is 6.05. The molecule has 1 heterocycles. The molecule has 0 spiro atoms. The maximum Gasteiger partial charge on any atom is 0.293 e. The Kier molecular flexibility index (Phi) is 5.53. The van der Waals surface area contributed by atoms with Crippen LogP contribution in [0.25, 0.3) is 0 Å². The molecule has 1 fully saturated rings. The lowest BCUT2D eigenvalue weighted by Crippen LogP contribution is -2.48. The first-order chi connectivity index (χ1) is 13.3. The van der Waals surface area contributed by atoms with Crippen LogP contribution >= 0.6 is 0 Å². The van der Waals surface area contributed by atoms with E-state index in [2.05, 4.69) is 5.32 Å². The van der Waals surface area contributed by atoms with Crippen molar-refractivity contribution >= 4 is 28.9 Å². The van der Waals surface area contributed by atoms with Crippen molar-refractivity contribution in [3.63, 3.8) is 0 Å². The number of nitro groups is 1.